The molecule has 1 heterocycles. The molecular weight excluding hydrogens is 248 g/mol. The summed E-state index contributed by atoms with van der Waals surface area (Å²) in [5.74, 6) is 0.752. The zero-order valence-corrected chi connectivity index (χ0v) is 11.5. The van der Waals surface area contributed by atoms with Crippen LogP contribution in [0.5, 0.6) is 5.75 Å². The molecule has 0 aromatic heterocycles. The summed E-state index contributed by atoms with van der Waals surface area (Å²) in [6.07, 6.45) is 0. The fourth-order valence-electron chi connectivity index (χ4n) is 1.90. The van der Waals surface area contributed by atoms with Crippen molar-refractivity contribution in [1.82, 2.24) is 4.90 Å². The molecule has 1 saturated heterocycles. The van der Waals surface area contributed by atoms with Crippen LogP contribution in [-0.2, 0) is 4.79 Å². The Morgan fingerprint density at radius 2 is 2.11 bits per heavy atom. The number of para-hydroxylation sites is 2. The van der Waals surface area contributed by atoms with Gasteiger partial charge in [0, 0.05) is 6.54 Å². The Morgan fingerprint density at radius 3 is 2.67 bits per heavy atom. The first-order valence-corrected chi connectivity index (χ1v) is 6.12. The van der Waals surface area contributed by atoms with E-state index in [0.717, 1.165) is 5.69 Å². The number of β-lactam (4-membered cyclic amide) rings is 1. The summed E-state index contributed by atoms with van der Waals surface area (Å²) in [6.45, 7) is 4.47. The number of hydrogen-bond donors (Lipinski definition) is 1. The molecule has 96 valence electrons. The van der Waals surface area contributed by atoms with E-state index < -0.39 is 0 Å². The van der Waals surface area contributed by atoms with Gasteiger partial charge in [-0.15, -0.1) is 0 Å². The van der Waals surface area contributed by atoms with Crippen molar-refractivity contribution in [2.45, 2.75) is 13.8 Å². The van der Waals surface area contributed by atoms with Crippen LogP contribution in [0.25, 0.3) is 0 Å². The number of carbonyl (C=O) groups is 1. The van der Waals surface area contributed by atoms with E-state index >= 15 is 0 Å². The monoisotopic (exact) mass is 264 g/mol. The van der Waals surface area contributed by atoms with Gasteiger partial charge in [0.25, 0.3) is 0 Å². The highest BCUT2D eigenvalue weighted by atomic mass is 32.1. The van der Waals surface area contributed by atoms with Gasteiger partial charge in [0.15, 0.2) is 5.11 Å². The van der Waals surface area contributed by atoms with Crippen LogP contribution in [0.1, 0.15) is 13.8 Å². The number of nitrogens with zero attached hydrogens (tertiary/aromatic N) is 1. The van der Waals surface area contributed by atoms with E-state index in [2.05, 4.69) is 5.32 Å². The van der Waals surface area contributed by atoms with Gasteiger partial charge >= 0.3 is 0 Å². The number of thiocarbonyl (C=S) groups is 1. The van der Waals surface area contributed by atoms with Crippen molar-refractivity contribution in [3.63, 3.8) is 0 Å². The van der Waals surface area contributed by atoms with E-state index in [1.54, 1.807) is 12.0 Å². The molecule has 0 radical (unpaired) electrons. The van der Waals surface area contributed by atoms with Gasteiger partial charge in [-0.25, -0.2) is 0 Å². The molecule has 0 saturated carbocycles. The lowest BCUT2D eigenvalue weighted by atomic mass is 9.83. The van der Waals surface area contributed by atoms with E-state index in [4.69, 9.17) is 17.0 Å². The lowest BCUT2D eigenvalue weighted by molar-refractivity contribution is -0.149. The van der Waals surface area contributed by atoms with Crippen molar-refractivity contribution in [2.24, 2.45) is 5.41 Å². The van der Waals surface area contributed by atoms with E-state index in [1.165, 1.54) is 0 Å². The molecule has 18 heavy (non-hydrogen) atoms. The third kappa shape index (κ3) is 2.18. The maximum Gasteiger partial charge on any atom is 0.236 e. The summed E-state index contributed by atoms with van der Waals surface area (Å²) in [5, 5.41) is 3.46. The fraction of sp³-hybridized carbons (Fsp3) is 0.385. The number of ether oxygens (including phenoxy) is 1. The van der Waals surface area contributed by atoms with Gasteiger partial charge in [-0.3, -0.25) is 9.69 Å². The van der Waals surface area contributed by atoms with Gasteiger partial charge in [0.1, 0.15) is 5.75 Å². The lowest BCUT2D eigenvalue weighted by Crippen LogP contribution is -2.61. The molecular formula is C13H16N2O2S. The van der Waals surface area contributed by atoms with E-state index in [0.29, 0.717) is 17.4 Å². The van der Waals surface area contributed by atoms with Crippen LogP contribution < -0.4 is 10.1 Å². The van der Waals surface area contributed by atoms with Gasteiger partial charge < -0.3 is 10.1 Å². The molecule has 0 spiro atoms. The van der Waals surface area contributed by atoms with E-state index in [1.807, 2.05) is 38.1 Å². The maximum absolute atomic E-state index is 11.8. The Kier molecular flexibility index (Phi) is 3.26. The van der Waals surface area contributed by atoms with Crippen molar-refractivity contribution >= 4 is 28.9 Å². The third-order valence-electron chi connectivity index (χ3n) is 2.97. The topological polar surface area (TPSA) is 41.6 Å². The summed E-state index contributed by atoms with van der Waals surface area (Å²) >= 11 is 5.23. The molecule has 1 aromatic rings. The highest BCUT2D eigenvalue weighted by Gasteiger charge is 2.46. The number of methoxy groups -OCH3 is 1. The van der Waals surface area contributed by atoms with Crippen LogP contribution >= 0.6 is 12.2 Å². The minimum atomic E-state index is -0.299. The van der Waals surface area contributed by atoms with Gasteiger partial charge in [0.2, 0.25) is 5.91 Å². The molecule has 2 rings (SSSR count). The second-order valence-electron chi connectivity index (χ2n) is 4.91. The van der Waals surface area contributed by atoms with Crippen molar-refractivity contribution in [3.05, 3.63) is 24.3 Å². The predicted octanol–water partition coefficient (Wildman–Crippen LogP) is 2.26. The number of carbonyl (C=O) groups excluding carboxylic acids is 1. The average Bonchev–Trinajstić information content (AvgIpc) is 2.36. The van der Waals surface area contributed by atoms with Crippen LogP contribution in [0.15, 0.2) is 24.3 Å². The number of likely N-dealkylation sites (tertiary alicyclic amines) is 1. The van der Waals surface area contributed by atoms with Crippen molar-refractivity contribution in [1.29, 1.82) is 0 Å². The molecule has 0 aliphatic carbocycles. The minimum absolute atomic E-state index is 0.0508. The Labute approximate surface area is 112 Å². The number of amides is 1. The molecule has 0 atom stereocenters. The van der Waals surface area contributed by atoms with Gasteiger partial charge in [-0.05, 0) is 38.2 Å². The predicted molar refractivity (Wildman–Crippen MR) is 74.7 cm³/mol. The zero-order chi connectivity index (χ0) is 13.3. The number of nitrogens with one attached hydrogen (secondary N) is 1. The van der Waals surface area contributed by atoms with Gasteiger partial charge in [0.05, 0.1) is 18.2 Å². The zero-order valence-electron chi connectivity index (χ0n) is 10.7. The molecule has 4 nitrogen and oxygen atoms in total. The Morgan fingerprint density at radius 1 is 1.44 bits per heavy atom. The number of anilines is 1. The molecule has 0 bridgehead atoms. The summed E-state index contributed by atoms with van der Waals surface area (Å²) in [7, 11) is 1.60. The molecule has 1 aromatic carbocycles. The highest BCUT2D eigenvalue weighted by Crippen LogP contribution is 2.32. The minimum Gasteiger partial charge on any atom is -0.495 e. The molecule has 5 heteroatoms. The number of hydrogen-bond acceptors (Lipinski definition) is 3. The smallest absolute Gasteiger partial charge is 0.236 e. The first-order valence-electron chi connectivity index (χ1n) is 5.71. The first-order chi connectivity index (χ1) is 8.45. The molecule has 1 aliphatic rings. The van der Waals surface area contributed by atoms with E-state index in [9.17, 15) is 4.79 Å². The van der Waals surface area contributed by atoms with Gasteiger partial charge in [-0.1, -0.05) is 12.1 Å². The molecule has 1 N–H and O–H groups in total. The van der Waals surface area contributed by atoms with Crippen LogP contribution in [0, 0.1) is 5.41 Å². The lowest BCUT2D eigenvalue weighted by Gasteiger charge is -2.44. The Bertz CT molecular complexity index is 500. The highest BCUT2D eigenvalue weighted by molar-refractivity contribution is 7.80. The summed E-state index contributed by atoms with van der Waals surface area (Å²) < 4.78 is 5.22. The summed E-state index contributed by atoms with van der Waals surface area (Å²) in [4.78, 5) is 13.4. The second kappa shape index (κ2) is 4.57. The fourth-order valence-corrected chi connectivity index (χ4v) is 2.16. The van der Waals surface area contributed by atoms with Crippen molar-refractivity contribution < 1.29 is 9.53 Å². The second-order valence-corrected chi connectivity index (χ2v) is 5.29. The molecule has 1 aliphatic heterocycles. The standard InChI is InChI=1S/C13H16N2O2S/c1-13(2)8-15(11(13)16)12(18)14-9-6-4-5-7-10(9)17-3/h4-7H,8H2,1-3H3,(H,14,18). The maximum atomic E-state index is 11.8. The Hall–Kier alpha value is -1.62. The van der Waals surface area contributed by atoms with Gasteiger partial charge in [-0.2, -0.15) is 0 Å². The molecule has 0 unspecified atom stereocenters. The normalized spacial score (nSPS) is 17.1. The van der Waals surface area contributed by atoms with Crippen LogP contribution in [0.2, 0.25) is 0 Å². The van der Waals surface area contributed by atoms with E-state index in [-0.39, 0.29) is 11.3 Å². The third-order valence-corrected chi connectivity index (χ3v) is 3.29. The SMILES string of the molecule is COc1ccccc1NC(=S)N1CC(C)(C)C1=O. The summed E-state index contributed by atoms with van der Waals surface area (Å²) in [5.41, 5.74) is 0.467. The van der Waals surface area contributed by atoms with Crippen LogP contribution in [0.3, 0.4) is 0 Å². The average molecular weight is 264 g/mol. The summed E-state index contributed by atoms with van der Waals surface area (Å²) in [6, 6.07) is 7.47. The van der Waals surface area contributed by atoms with Crippen LogP contribution in [0.4, 0.5) is 5.69 Å². The van der Waals surface area contributed by atoms with Crippen LogP contribution in [-0.4, -0.2) is 29.6 Å². The largest absolute Gasteiger partial charge is 0.495 e. The first kappa shape index (κ1) is 12.8. The Balaban J connectivity index is 2.07. The quantitative estimate of drug-likeness (QED) is 0.657. The van der Waals surface area contributed by atoms with Crippen molar-refractivity contribution in [2.75, 3.05) is 19.0 Å². The molecule has 1 fully saturated rings. The number of benzene rings is 1. The molecule has 1 amide bonds. The number of rotatable bonds is 2. The van der Waals surface area contributed by atoms with Crippen molar-refractivity contribution in [3.8, 4) is 5.75 Å².